The Kier molecular flexibility index (Phi) is 3.82. The summed E-state index contributed by atoms with van der Waals surface area (Å²) in [6.07, 6.45) is -0.308. The van der Waals surface area contributed by atoms with E-state index in [0.717, 1.165) is 6.07 Å². The molecule has 0 radical (unpaired) electrons. The Morgan fingerprint density at radius 2 is 1.70 bits per heavy atom. The number of likely N-dealkylation sites (tertiary alicyclic amines) is 2. The van der Waals surface area contributed by atoms with E-state index in [4.69, 9.17) is 9.15 Å². The quantitative estimate of drug-likeness (QED) is 0.795. The molecule has 1 aromatic rings. The number of furan rings is 1. The number of nitrogens with zero attached hydrogens (tertiary/aromatic N) is 2. The second kappa shape index (κ2) is 5.54. The lowest BCUT2D eigenvalue weighted by Gasteiger charge is -2.25. The third kappa shape index (κ3) is 3.33. The molecule has 0 N–H and O–H groups in total. The highest BCUT2D eigenvalue weighted by molar-refractivity contribution is 5.91. The maximum absolute atomic E-state index is 12.9. The number of carbonyl (C=O) groups is 2. The van der Waals surface area contributed by atoms with Gasteiger partial charge < -0.3 is 19.0 Å². The zero-order valence-corrected chi connectivity index (χ0v) is 13.5. The highest BCUT2D eigenvalue weighted by Crippen LogP contribution is 2.32. The standard InChI is InChI=1S/C16H21FN2O4/c1-16(2,3)23-15(21)19-8-10-6-18(7-11(10)9-19)14(20)12-4-5-13(17)22-12/h4-5,10-11H,6-9H2,1-3H3. The molecule has 2 amide bonds. The number of amides is 2. The lowest BCUT2D eigenvalue weighted by atomic mass is 10.0. The molecule has 2 saturated heterocycles. The highest BCUT2D eigenvalue weighted by Gasteiger charge is 2.44. The van der Waals surface area contributed by atoms with Gasteiger partial charge in [-0.2, -0.15) is 4.39 Å². The van der Waals surface area contributed by atoms with Gasteiger partial charge in [-0.3, -0.25) is 4.79 Å². The molecule has 3 heterocycles. The van der Waals surface area contributed by atoms with Crippen LogP contribution in [-0.2, 0) is 4.74 Å². The van der Waals surface area contributed by atoms with Crippen molar-refractivity contribution in [3.05, 3.63) is 23.9 Å². The lowest BCUT2D eigenvalue weighted by Crippen LogP contribution is -2.38. The monoisotopic (exact) mass is 324 g/mol. The zero-order chi connectivity index (χ0) is 16.8. The van der Waals surface area contributed by atoms with Crippen molar-refractivity contribution in [3.8, 4) is 0 Å². The lowest BCUT2D eigenvalue weighted by molar-refractivity contribution is 0.0275. The molecule has 2 aliphatic rings. The normalized spacial score (nSPS) is 24.0. The first-order valence-electron chi connectivity index (χ1n) is 7.75. The first-order valence-corrected chi connectivity index (χ1v) is 7.75. The summed E-state index contributed by atoms with van der Waals surface area (Å²) in [5.41, 5.74) is -0.514. The summed E-state index contributed by atoms with van der Waals surface area (Å²) in [6.45, 7) is 7.77. The van der Waals surface area contributed by atoms with Crippen LogP contribution < -0.4 is 0 Å². The van der Waals surface area contributed by atoms with Crippen molar-refractivity contribution in [2.45, 2.75) is 26.4 Å². The fourth-order valence-corrected chi connectivity index (χ4v) is 3.22. The van der Waals surface area contributed by atoms with E-state index >= 15 is 0 Å². The Morgan fingerprint density at radius 1 is 1.13 bits per heavy atom. The van der Waals surface area contributed by atoms with E-state index in [2.05, 4.69) is 0 Å². The summed E-state index contributed by atoms with van der Waals surface area (Å²) in [5, 5.41) is 0. The molecular weight excluding hydrogens is 303 g/mol. The summed E-state index contributed by atoms with van der Waals surface area (Å²) in [7, 11) is 0. The van der Waals surface area contributed by atoms with Gasteiger partial charge in [0.25, 0.3) is 11.9 Å². The van der Waals surface area contributed by atoms with E-state index in [1.165, 1.54) is 6.07 Å². The van der Waals surface area contributed by atoms with Crippen LogP contribution in [0.15, 0.2) is 16.5 Å². The molecule has 6 nitrogen and oxygen atoms in total. The van der Waals surface area contributed by atoms with Gasteiger partial charge in [-0.05, 0) is 26.8 Å². The number of ether oxygens (including phenoxy) is 1. The molecule has 2 unspecified atom stereocenters. The van der Waals surface area contributed by atoms with Crippen LogP contribution in [-0.4, -0.2) is 53.6 Å². The van der Waals surface area contributed by atoms with Gasteiger partial charge in [0.05, 0.1) is 0 Å². The summed E-state index contributed by atoms with van der Waals surface area (Å²) in [4.78, 5) is 27.7. The largest absolute Gasteiger partial charge is 0.444 e. The number of hydrogen-bond acceptors (Lipinski definition) is 4. The Labute approximate surface area is 134 Å². The van der Waals surface area contributed by atoms with Crippen LogP contribution in [0.3, 0.4) is 0 Å². The number of hydrogen-bond donors (Lipinski definition) is 0. The highest BCUT2D eigenvalue weighted by atomic mass is 19.1. The van der Waals surface area contributed by atoms with Crippen LogP contribution in [0.5, 0.6) is 0 Å². The molecule has 0 spiro atoms. The van der Waals surface area contributed by atoms with E-state index in [1.54, 1.807) is 9.80 Å². The van der Waals surface area contributed by atoms with E-state index in [9.17, 15) is 14.0 Å². The Balaban J connectivity index is 1.57. The van der Waals surface area contributed by atoms with Crippen molar-refractivity contribution >= 4 is 12.0 Å². The Bertz CT molecular complexity index is 608. The summed E-state index contributed by atoms with van der Waals surface area (Å²) < 4.78 is 23.0. The van der Waals surface area contributed by atoms with Crippen LogP contribution >= 0.6 is 0 Å². The van der Waals surface area contributed by atoms with Gasteiger partial charge in [0.15, 0.2) is 5.76 Å². The van der Waals surface area contributed by atoms with Gasteiger partial charge in [-0.15, -0.1) is 0 Å². The summed E-state index contributed by atoms with van der Waals surface area (Å²) >= 11 is 0. The summed E-state index contributed by atoms with van der Waals surface area (Å²) in [6, 6.07) is 1.72. The minimum Gasteiger partial charge on any atom is -0.444 e. The first-order chi connectivity index (χ1) is 10.7. The fraction of sp³-hybridized carbons (Fsp3) is 0.625. The molecule has 7 heteroatoms. The predicted molar refractivity (Wildman–Crippen MR) is 79.4 cm³/mol. The van der Waals surface area contributed by atoms with Gasteiger partial charge in [-0.25, -0.2) is 4.79 Å². The maximum Gasteiger partial charge on any atom is 0.410 e. The minimum atomic E-state index is -0.760. The molecular formula is C16H21FN2O4. The molecule has 2 aliphatic heterocycles. The number of halogens is 1. The van der Waals surface area contributed by atoms with Crippen molar-refractivity contribution in [1.29, 1.82) is 0 Å². The van der Waals surface area contributed by atoms with Crippen LogP contribution in [0.4, 0.5) is 9.18 Å². The van der Waals surface area contributed by atoms with Crippen LogP contribution in [0.25, 0.3) is 0 Å². The van der Waals surface area contributed by atoms with Gasteiger partial charge in [-0.1, -0.05) is 0 Å². The average Bonchev–Trinajstić information content (AvgIpc) is 3.08. The summed E-state index contributed by atoms with van der Waals surface area (Å²) in [5.74, 6) is 0.177. The third-order valence-corrected chi connectivity index (χ3v) is 4.21. The average molecular weight is 324 g/mol. The molecule has 0 saturated carbocycles. The molecule has 0 aromatic carbocycles. The number of fused-ring (bicyclic) bond motifs is 1. The van der Waals surface area contributed by atoms with Gasteiger partial charge in [0.2, 0.25) is 0 Å². The smallest absolute Gasteiger partial charge is 0.410 e. The molecule has 23 heavy (non-hydrogen) atoms. The van der Waals surface area contributed by atoms with Crippen molar-refractivity contribution in [2.24, 2.45) is 11.8 Å². The predicted octanol–water partition coefficient (Wildman–Crippen LogP) is 2.36. The van der Waals surface area contributed by atoms with Crippen molar-refractivity contribution in [1.82, 2.24) is 9.80 Å². The van der Waals surface area contributed by atoms with E-state index in [0.29, 0.717) is 26.2 Å². The molecule has 1 aromatic heterocycles. The molecule has 2 atom stereocenters. The van der Waals surface area contributed by atoms with Gasteiger partial charge in [0, 0.05) is 44.1 Å². The van der Waals surface area contributed by atoms with Crippen molar-refractivity contribution < 1.29 is 23.1 Å². The topological polar surface area (TPSA) is 63.0 Å². The van der Waals surface area contributed by atoms with Crippen molar-refractivity contribution in [2.75, 3.05) is 26.2 Å². The second-order valence-corrected chi connectivity index (χ2v) is 7.22. The van der Waals surface area contributed by atoms with E-state index in [-0.39, 0.29) is 29.6 Å². The third-order valence-electron chi connectivity index (χ3n) is 4.21. The number of rotatable bonds is 1. The molecule has 126 valence electrons. The molecule has 0 aliphatic carbocycles. The molecule has 0 bridgehead atoms. The molecule has 2 fully saturated rings. The first kappa shape index (κ1) is 15.8. The Hall–Kier alpha value is -2.05. The zero-order valence-electron chi connectivity index (χ0n) is 13.5. The van der Waals surface area contributed by atoms with Gasteiger partial charge in [0.1, 0.15) is 5.60 Å². The minimum absolute atomic E-state index is 0.0199. The van der Waals surface area contributed by atoms with Crippen molar-refractivity contribution in [3.63, 3.8) is 0 Å². The second-order valence-electron chi connectivity index (χ2n) is 7.22. The van der Waals surface area contributed by atoms with E-state index in [1.807, 2.05) is 20.8 Å². The van der Waals surface area contributed by atoms with E-state index < -0.39 is 11.6 Å². The van der Waals surface area contributed by atoms with Crippen LogP contribution in [0.1, 0.15) is 31.3 Å². The Morgan fingerprint density at radius 3 is 2.17 bits per heavy atom. The van der Waals surface area contributed by atoms with Crippen LogP contribution in [0, 0.1) is 17.8 Å². The maximum atomic E-state index is 12.9. The SMILES string of the molecule is CC(C)(C)OC(=O)N1CC2CN(C(=O)c3ccc(F)o3)CC2C1. The molecule has 3 rings (SSSR count). The number of carbonyl (C=O) groups excluding carboxylic acids is 2. The van der Waals surface area contributed by atoms with Gasteiger partial charge >= 0.3 is 6.09 Å². The fourth-order valence-electron chi connectivity index (χ4n) is 3.22. The van der Waals surface area contributed by atoms with Crippen LogP contribution in [0.2, 0.25) is 0 Å².